The molecular weight excluding hydrogens is 358 g/mol. The van der Waals surface area contributed by atoms with Gasteiger partial charge in [-0.1, -0.05) is 12.8 Å². The van der Waals surface area contributed by atoms with Crippen molar-refractivity contribution in [2.45, 2.75) is 36.8 Å². The first-order valence-corrected chi connectivity index (χ1v) is 10.7. The third kappa shape index (κ3) is 4.38. The van der Waals surface area contributed by atoms with Gasteiger partial charge in [0.05, 0.1) is 5.56 Å². The van der Waals surface area contributed by atoms with Crippen molar-refractivity contribution in [2.24, 2.45) is 0 Å². The third-order valence-corrected chi connectivity index (χ3v) is 6.93. The molecule has 0 atom stereocenters. The number of aromatic nitrogens is 1. The summed E-state index contributed by atoms with van der Waals surface area (Å²) in [6.07, 6.45) is 5.83. The highest BCUT2D eigenvalue weighted by Gasteiger charge is 2.23. The van der Waals surface area contributed by atoms with Crippen LogP contribution in [0.4, 0.5) is 5.82 Å². The summed E-state index contributed by atoms with van der Waals surface area (Å²) in [5, 5.41) is 1.62. The lowest BCUT2D eigenvalue weighted by atomic mass is 10.2. The van der Waals surface area contributed by atoms with Gasteiger partial charge in [-0.05, 0) is 43.5 Å². The van der Waals surface area contributed by atoms with Gasteiger partial charge in [-0.15, -0.1) is 11.3 Å². The van der Waals surface area contributed by atoms with Crippen LogP contribution in [-0.2, 0) is 10.0 Å². The Morgan fingerprint density at radius 1 is 1.20 bits per heavy atom. The Morgan fingerprint density at radius 3 is 2.60 bits per heavy atom. The normalized spacial score (nSPS) is 15.6. The number of aryl methyl sites for hydroxylation is 1. The minimum atomic E-state index is -3.75. The van der Waals surface area contributed by atoms with E-state index in [1.54, 1.807) is 23.7 Å². The van der Waals surface area contributed by atoms with Crippen molar-refractivity contribution in [2.75, 3.05) is 17.8 Å². The lowest BCUT2D eigenvalue weighted by Crippen LogP contribution is -2.31. The minimum Gasteiger partial charge on any atom is -0.339 e. The molecule has 3 rings (SSSR count). The van der Waals surface area contributed by atoms with Crippen LogP contribution in [0.25, 0.3) is 0 Å². The summed E-state index contributed by atoms with van der Waals surface area (Å²) in [5.74, 6) is 0.182. The van der Waals surface area contributed by atoms with E-state index >= 15 is 0 Å². The van der Waals surface area contributed by atoms with Crippen molar-refractivity contribution in [3.8, 4) is 0 Å². The maximum Gasteiger partial charge on any atom is 0.272 e. The van der Waals surface area contributed by atoms with E-state index in [0.717, 1.165) is 55.7 Å². The van der Waals surface area contributed by atoms with Crippen molar-refractivity contribution in [3.05, 3.63) is 40.9 Å². The van der Waals surface area contributed by atoms with Gasteiger partial charge in [0.1, 0.15) is 10.0 Å². The first-order chi connectivity index (χ1) is 12.0. The smallest absolute Gasteiger partial charge is 0.272 e. The third-order valence-electron chi connectivity index (χ3n) is 4.13. The number of anilines is 1. The summed E-state index contributed by atoms with van der Waals surface area (Å²) in [7, 11) is -3.75. The molecule has 0 saturated carbocycles. The zero-order valence-electron chi connectivity index (χ0n) is 14.1. The molecule has 0 radical (unpaired) electrons. The Bertz CT molecular complexity index is 854. The maximum atomic E-state index is 12.6. The molecule has 0 bridgehead atoms. The average Bonchev–Trinajstić information content (AvgIpc) is 2.91. The summed E-state index contributed by atoms with van der Waals surface area (Å²) in [6, 6.07) is 4.91. The number of hydrogen-bond donors (Lipinski definition) is 1. The molecule has 6 nitrogen and oxygen atoms in total. The average molecular weight is 380 g/mol. The fraction of sp³-hybridized carbons (Fsp3) is 0.412. The molecule has 1 aliphatic rings. The molecule has 1 saturated heterocycles. The summed E-state index contributed by atoms with van der Waals surface area (Å²) < 4.78 is 27.6. The van der Waals surface area contributed by atoms with Crippen LogP contribution in [0.3, 0.4) is 0 Å². The van der Waals surface area contributed by atoms with E-state index in [1.807, 2.05) is 11.8 Å². The standard InChI is InChI=1S/C17H21N3O3S2/c1-13-6-7-18-15(10-13)19-25(22,23)16-11-14(12-24-16)17(21)20-8-4-2-3-5-9-20/h6-7,10-12H,2-5,8-9H2,1H3,(H,18,19). The van der Waals surface area contributed by atoms with Gasteiger partial charge in [0.15, 0.2) is 0 Å². The van der Waals surface area contributed by atoms with Gasteiger partial charge in [-0.25, -0.2) is 13.4 Å². The van der Waals surface area contributed by atoms with Gasteiger partial charge in [0.25, 0.3) is 15.9 Å². The number of sulfonamides is 1. The number of hydrogen-bond acceptors (Lipinski definition) is 5. The molecule has 0 aliphatic carbocycles. The summed E-state index contributed by atoms with van der Waals surface area (Å²) >= 11 is 1.05. The van der Waals surface area contributed by atoms with E-state index in [4.69, 9.17) is 0 Å². The number of nitrogens with one attached hydrogen (secondary N) is 1. The van der Waals surface area contributed by atoms with Crippen LogP contribution in [0, 0.1) is 6.92 Å². The zero-order valence-corrected chi connectivity index (χ0v) is 15.7. The Morgan fingerprint density at radius 2 is 1.92 bits per heavy atom. The first-order valence-electron chi connectivity index (χ1n) is 8.29. The fourth-order valence-corrected chi connectivity index (χ4v) is 4.96. The number of rotatable bonds is 4. The van der Waals surface area contributed by atoms with Gasteiger partial charge in [0, 0.05) is 24.7 Å². The number of nitrogens with zero attached hydrogens (tertiary/aromatic N) is 2. The van der Waals surface area contributed by atoms with Crippen molar-refractivity contribution < 1.29 is 13.2 Å². The molecular formula is C17H21N3O3S2. The molecule has 134 valence electrons. The highest BCUT2D eigenvalue weighted by molar-refractivity contribution is 7.94. The molecule has 0 unspecified atom stereocenters. The highest BCUT2D eigenvalue weighted by Crippen LogP contribution is 2.24. The molecule has 0 aromatic carbocycles. The van der Waals surface area contributed by atoms with Gasteiger partial charge in [-0.3, -0.25) is 9.52 Å². The molecule has 25 heavy (non-hydrogen) atoms. The van der Waals surface area contributed by atoms with E-state index in [2.05, 4.69) is 9.71 Å². The number of carbonyl (C=O) groups is 1. The molecule has 3 heterocycles. The van der Waals surface area contributed by atoms with Gasteiger partial charge in [-0.2, -0.15) is 0 Å². The number of pyridine rings is 1. The van der Waals surface area contributed by atoms with Crippen molar-refractivity contribution in [1.82, 2.24) is 9.88 Å². The largest absolute Gasteiger partial charge is 0.339 e. The van der Waals surface area contributed by atoms with Crippen LogP contribution in [0.1, 0.15) is 41.6 Å². The molecule has 8 heteroatoms. The molecule has 1 fully saturated rings. The SMILES string of the molecule is Cc1ccnc(NS(=O)(=O)c2cc(C(=O)N3CCCCCC3)cs2)c1. The van der Waals surface area contributed by atoms with Crippen LogP contribution in [0.15, 0.2) is 34.0 Å². The van der Waals surface area contributed by atoms with Crippen LogP contribution in [0.5, 0.6) is 0 Å². The Kier molecular flexibility index (Phi) is 5.39. The second-order valence-corrected chi connectivity index (χ2v) is 9.01. The number of thiophene rings is 1. The van der Waals surface area contributed by atoms with Crippen molar-refractivity contribution >= 4 is 33.1 Å². The molecule has 2 aromatic rings. The van der Waals surface area contributed by atoms with E-state index < -0.39 is 10.0 Å². The Labute approximate surface area is 151 Å². The first kappa shape index (κ1) is 17.9. The quantitative estimate of drug-likeness (QED) is 0.884. The van der Waals surface area contributed by atoms with Crippen LogP contribution in [-0.4, -0.2) is 37.3 Å². The summed E-state index contributed by atoms with van der Waals surface area (Å²) in [5.41, 5.74) is 1.35. The molecule has 1 amide bonds. The second kappa shape index (κ2) is 7.53. The van der Waals surface area contributed by atoms with Gasteiger partial charge in [0.2, 0.25) is 0 Å². The van der Waals surface area contributed by atoms with Crippen molar-refractivity contribution in [1.29, 1.82) is 0 Å². The summed E-state index contributed by atoms with van der Waals surface area (Å²) in [4.78, 5) is 18.4. The number of carbonyl (C=O) groups excluding carboxylic acids is 1. The van der Waals surface area contributed by atoms with E-state index in [1.165, 1.54) is 6.07 Å². The van der Waals surface area contributed by atoms with Crippen molar-refractivity contribution in [3.63, 3.8) is 0 Å². The zero-order chi connectivity index (χ0) is 17.9. The van der Waals surface area contributed by atoms with Gasteiger partial charge >= 0.3 is 0 Å². The molecule has 2 aromatic heterocycles. The van der Waals surface area contributed by atoms with Gasteiger partial charge < -0.3 is 4.90 Å². The van der Waals surface area contributed by atoms with Crippen LogP contribution in [0.2, 0.25) is 0 Å². The number of amides is 1. The highest BCUT2D eigenvalue weighted by atomic mass is 32.2. The number of likely N-dealkylation sites (tertiary alicyclic amines) is 1. The Balaban J connectivity index is 1.76. The topological polar surface area (TPSA) is 79.4 Å². The van der Waals surface area contributed by atoms with E-state index in [0.29, 0.717) is 5.56 Å². The lowest BCUT2D eigenvalue weighted by molar-refractivity contribution is 0.0762. The fourth-order valence-electron chi connectivity index (χ4n) is 2.81. The molecule has 1 N–H and O–H groups in total. The van der Waals surface area contributed by atoms with E-state index in [-0.39, 0.29) is 15.9 Å². The Hall–Kier alpha value is -1.93. The predicted molar refractivity (Wildman–Crippen MR) is 98.5 cm³/mol. The minimum absolute atomic E-state index is 0.0896. The molecule has 1 aliphatic heterocycles. The monoisotopic (exact) mass is 379 g/mol. The predicted octanol–water partition coefficient (Wildman–Crippen LogP) is 3.27. The van der Waals surface area contributed by atoms with E-state index in [9.17, 15) is 13.2 Å². The van der Waals surface area contributed by atoms with Crippen LogP contribution >= 0.6 is 11.3 Å². The van der Waals surface area contributed by atoms with Crippen LogP contribution < -0.4 is 4.72 Å². The maximum absolute atomic E-state index is 12.6. The second-order valence-electron chi connectivity index (χ2n) is 6.18. The summed E-state index contributed by atoms with van der Waals surface area (Å²) in [6.45, 7) is 3.34. The lowest BCUT2D eigenvalue weighted by Gasteiger charge is -2.19. The molecule has 0 spiro atoms.